The SMILES string of the molecule is CC(=O)OC(CC(C)NC(=O)OC(C)(C)C)c1ccccc1. The summed E-state index contributed by atoms with van der Waals surface area (Å²) in [7, 11) is 0. The molecule has 0 saturated heterocycles. The van der Waals surface area contributed by atoms with Gasteiger partial charge in [0, 0.05) is 19.4 Å². The normalized spacial score (nSPS) is 13.9. The van der Waals surface area contributed by atoms with Crippen LogP contribution in [0.2, 0.25) is 0 Å². The molecule has 0 aliphatic carbocycles. The van der Waals surface area contributed by atoms with E-state index < -0.39 is 17.8 Å². The summed E-state index contributed by atoms with van der Waals surface area (Å²) in [6, 6.07) is 9.27. The molecular weight excluding hydrogens is 282 g/mol. The molecule has 5 nitrogen and oxygen atoms in total. The lowest BCUT2D eigenvalue weighted by atomic mass is 10.0. The Hall–Kier alpha value is -2.04. The third-order valence-electron chi connectivity index (χ3n) is 2.81. The van der Waals surface area contributed by atoms with Crippen molar-refractivity contribution >= 4 is 12.1 Å². The quantitative estimate of drug-likeness (QED) is 0.844. The van der Waals surface area contributed by atoms with Gasteiger partial charge in [0.25, 0.3) is 0 Å². The molecule has 0 aliphatic rings. The fraction of sp³-hybridized carbons (Fsp3) is 0.529. The number of hydrogen-bond donors (Lipinski definition) is 1. The number of amides is 1. The molecule has 1 aromatic carbocycles. The van der Waals surface area contributed by atoms with Crippen molar-refractivity contribution in [3.8, 4) is 0 Å². The number of rotatable bonds is 5. The molecule has 0 aromatic heterocycles. The summed E-state index contributed by atoms with van der Waals surface area (Å²) in [6.45, 7) is 8.65. The molecule has 1 aromatic rings. The number of ether oxygens (including phenoxy) is 2. The predicted molar refractivity (Wildman–Crippen MR) is 84.4 cm³/mol. The highest BCUT2D eigenvalue weighted by Gasteiger charge is 2.22. The Morgan fingerprint density at radius 2 is 1.77 bits per heavy atom. The van der Waals surface area contributed by atoms with E-state index in [9.17, 15) is 9.59 Å². The van der Waals surface area contributed by atoms with Crippen molar-refractivity contribution in [3.05, 3.63) is 35.9 Å². The van der Waals surface area contributed by atoms with Crippen molar-refractivity contribution in [2.24, 2.45) is 0 Å². The number of alkyl carbamates (subject to hydrolysis) is 1. The molecule has 2 unspecified atom stereocenters. The first-order valence-electron chi connectivity index (χ1n) is 7.39. The summed E-state index contributed by atoms with van der Waals surface area (Å²) in [5, 5.41) is 2.76. The molecule has 0 saturated carbocycles. The van der Waals surface area contributed by atoms with Gasteiger partial charge in [-0.2, -0.15) is 0 Å². The molecule has 1 amide bonds. The van der Waals surface area contributed by atoms with E-state index in [1.807, 2.05) is 58.0 Å². The third kappa shape index (κ3) is 7.11. The van der Waals surface area contributed by atoms with Crippen LogP contribution in [0.15, 0.2) is 30.3 Å². The zero-order chi connectivity index (χ0) is 16.8. The Morgan fingerprint density at radius 1 is 1.18 bits per heavy atom. The van der Waals surface area contributed by atoms with Gasteiger partial charge in [-0.25, -0.2) is 4.79 Å². The lowest BCUT2D eigenvalue weighted by Gasteiger charge is -2.24. The van der Waals surface area contributed by atoms with Crippen LogP contribution < -0.4 is 5.32 Å². The van der Waals surface area contributed by atoms with E-state index in [2.05, 4.69) is 5.32 Å². The van der Waals surface area contributed by atoms with Crippen molar-refractivity contribution < 1.29 is 19.1 Å². The Labute approximate surface area is 132 Å². The molecule has 1 N–H and O–H groups in total. The van der Waals surface area contributed by atoms with Gasteiger partial charge in [-0.1, -0.05) is 30.3 Å². The zero-order valence-electron chi connectivity index (χ0n) is 13.9. The van der Waals surface area contributed by atoms with Gasteiger partial charge in [0.05, 0.1) is 0 Å². The van der Waals surface area contributed by atoms with Crippen LogP contribution in [0, 0.1) is 0 Å². The van der Waals surface area contributed by atoms with Crippen LogP contribution in [0.5, 0.6) is 0 Å². The molecule has 122 valence electrons. The average molecular weight is 307 g/mol. The molecule has 0 heterocycles. The molecule has 0 fully saturated rings. The molecule has 0 spiro atoms. The summed E-state index contributed by atoms with van der Waals surface area (Å²) in [6.07, 6.45) is -0.402. The van der Waals surface area contributed by atoms with E-state index in [1.165, 1.54) is 6.92 Å². The minimum atomic E-state index is -0.543. The monoisotopic (exact) mass is 307 g/mol. The fourth-order valence-corrected chi connectivity index (χ4v) is 2.01. The van der Waals surface area contributed by atoms with Crippen LogP contribution >= 0.6 is 0 Å². The van der Waals surface area contributed by atoms with Crippen LogP contribution in [0.4, 0.5) is 4.79 Å². The van der Waals surface area contributed by atoms with Crippen LogP contribution in [-0.4, -0.2) is 23.7 Å². The first-order valence-corrected chi connectivity index (χ1v) is 7.39. The van der Waals surface area contributed by atoms with Gasteiger partial charge < -0.3 is 14.8 Å². The summed E-state index contributed by atoms with van der Waals surface area (Å²) in [4.78, 5) is 23.1. The molecule has 0 aliphatic heterocycles. The maximum atomic E-state index is 11.8. The molecule has 2 atom stereocenters. The number of esters is 1. The molecule has 0 bridgehead atoms. The fourth-order valence-electron chi connectivity index (χ4n) is 2.01. The number of carbonyl (C=O) groups excluding carboxylic acids is 2. The molecule has 5 heteroatoms. The van der Waals surface area contributed by atoms with Gasteiger partial charge in [-0.15, -0.1) is 0 Å². The standard InChI is InChI=1S/C17H25NO4/c1-12(18-16(20)22-17(3,4)5)11-15(21-13(2)19)14-9-7-6-8-10-14/h6-10,12,15H,11H2,1-5H3,(H,18,20). The van der Waals surface area contributed by atoms with Crippen LogP contribution in [0.25, 0.3) is 0 Å². The van der Waals surface area contributed by atoms with Crippen molar-refractivity contribution in [2.45, 2.75) is 58.8 Å². The smallest absolute Gasteiger partial charge is 0.407 e. The molecule has 1 rings (SSSR count). The van der Waals surface area contributed by atoms with E-state index >= 15 is 0 Å². The van der Waals surface area contributed by atoms with Gasteiger partial charge in [-0.05, 0) is 33.3 Å². The summed E-state index contributed by atoms with van der Waals surface area (Å²) >= 11 is 0. The van der Waals surface area contributed by atoms with E-state index in [-0.39, 0.29) is 12.0 Å². The second-order valence-electron chi connectivity index (χ2n) is 6.29. The Balaban J connectivity index is 2.66. The predicted octanol–water partition coefficient (Wildman–Crippen LogP) is 3.59. The number of carbonyl (C=O) groups is 2. The van der Waals surface area contributed by atoms with E-state index in [1.54, 1.807) is 0 Å². The number of hydrogen-bond acceptors (Lipinski definition) is 4. The highest BCUT2D eigenvalue weighted by atomic mass is 16.6. The van der Waals surface area contributed by atoms with Crippen LogP contribution in [-0.2, 0) is 14.3 Å². The highest BCUT2D eigenvalue weighted by Crippen LogP contribution is 2.23. The Morgan fingerprint density at radius 3 is 2.27 bits per heavy atom. The molecule has 22 heavy (non-hydrogen) atoms. The summed E-state index contributed by atoms with van der Waals surface area (Å²) in [5.41, 5.74) is 0.356. The summed E-state index contributed by atoms with van der Waals surface area (Å²) in [5.74, 6) is -0.349. The second-order valence-corrected chi connectivity index (χ2v) is 6.29. The molecular formula is C17H25NO4. The van der Waals surface area contributed by atoms with Crippen molar-refractivity contribution in [2.75, 3.05) is 0 Å². The minimum absolute atomic E-state index is 0.195. The Bertz CT molecular complexity index is 493. The van der Waals surface area contributed by atoms with Gasteiger partial charge in [0.1, 0.15) is 11.7 Å². The van der Waals surface area contributed by atoms with Gasteiger partial charge in [0.15, 0.2) is 0 Å². The zero-order valence-corrected chi connectivity index (χ0v) is 13.9. The van der Waals surface area contributed by atoms with Crippen molar-refractivity contribution in [3.63, 3.8) is 0 Å². The maximum Gasteiger partial charge on any atom is 0.407 e. The van der Waals surface area contributed by atoms with Gasteiger partial charge in [-0.3, -0.25) is 4.79 Å². The largest absolute Gasteiger partial charge is 0.458 e. The first kappa shape index (κ1) is 18.0. The third-order valence-corrected chi connectivity index (χ3v) is 2.81. The lowest BCUT2D eigenvalue weighted by Crippen LogP contribution is -2.38. The first-order chi connectivity index (χ1) is 10.2. The lowest BCUT2D eigenvalue weighted by molar-refractivity contribution is -0.147. The van der Waals surface area contributed by atoms with Crippen LogP contribution in [0.1, 0.15) is 52.7 Å². The van der Waals surface area contributed by atoms with E-state index in [0.29, 0.717) is 6.42 Å². The van der Waals surface area contributed by atoms with Gasteiger partial charge in [0.2, 0.25) is 0 Å². The molecule has 0 radical (unpaired) electrons. The van der Waals surface area contributed by atoms with Crippen LogP contribution in [0.3, 0.4) is 0 Å². The second kappa shape index (κ2) is 7.82. The van der Waals surface area contributed by atoms with E-state index in [4.69, 9.17) is 9.47 Å². The number of nitrogens with one attached hydrogen (secondary N) is 1. The summed E-state index contributed by atoms with van der Waals surface area (Å²) < 4.78 is 10.6. The average Bonchev–Trinajstić information content (AvgIpc) is 2.35. The van der Waals surface area contributed by atoms with Crippen molar-refractivity contribution in [1.82, 2.24) is 5.32 Å². The number of benzene rings is 1. The highest BCUT2D eigenvalue weighted by molar-refractivity contribution is 5.68. The Kier molecular flexibility index (Phi) is 6.40. The van der Waals surface area contributed by atoms with Crippen molar-refractivity contribution in [1.29, 1.82) is 0 Å². The minimum Gasteiger partial charge on any atom is -0.458 e. The maximum absolute atomic E-state index is 11.8. The topological polar surface area (TPSA) is 64.6 Å². The van der Waals surface area contributed by atoms with E-state index in [0.717, 1.165) is 5.56 Å². The van der Waals surface area contributed by atoms with Gasteiger partial charge >= 0.3 is 12.1 Å².